The molecule has 0 aliphatic heterocycles. The van der Waals surface area contributed by atoms with Crippen molar-refractivity contribution in [2.45, 2.75) is 18.6 Å². The van der Waals surface area contributed by atoms with Crippen LogP contribution in [-0.4, -0.2) is 29.6 Å². The second-order valence-electron chi connectivity index (χ2n) is 6.03. The second kappa shape index (κ2) is 5.06. The highest BCUT2D eigenvalue weighted by Crippen LogP contribution is 2.31. The minimum Gasteiger partial charge on any atom is -0.384 e. The highest BCUT2D eigenvalue weighted by Gasteiger charge is 2.34. The average Bonchev–Trinajstić information content (AvgIpc) is 2.93. The van der Waals surface area contributed by atoms with E-state index in [1.165, 1.54) is 12.3 Å². The van der Waals surface area contributed by atoms with Crippen molar-refractivity contribution in [3.05, 3.63) is 42.2 Å². The van der Waals surface area contributed by atoms with Gasteiger partial charge in [-0.15, -0.1) is 0 Å². The summed E-state index contributed by atoms with van der Waals surface area (Å²) in [7, 11) is -3.35. The molecule has 0 saturated carbocycles. The Labute approximate surface area is 134 Å². The zero-order valence-electron chi connectivity index (χ0n) is 13.2. The molecule has 23 heavy (non-hydrogen) atoms. The molecule has 120 valence electrons. The van der Waals surface area contributed by atoms with Gasteiger partial charge in [0, 0.05) is 35.0 Å². The van der Waals surface area contributed by atoms with Gasteiger partial charge in [0.15, 0.2) is 15.7 Å². The first kappa shape index (κ1) is 15.5. The number of aromatic nitrogens is 3. The van der Waals surface area contributed by atoms with Gasteiger partial charge in [0.1, 0.15) is 10.6 Å². The number of anilines is 1. The van der Waals surface area contributed by atoms with Crippen LogP contribution in [0.15, 0.2) is 36.5 Å². The molecule has 3 aromatic rings. The smallest absolute Gasteiger partial charge is 0.162 e. The Morgan fingerprint density at radius 3 is 2.61 bits per heavy atom. The van der Waals surface area contributed by atoms with Crippen molar-refractivity contribution < 1.29 is 8.42 Å². The van der Waals surface area contributed by atoms with Crippen molar-refractivity contribution in [1.82, 2.24) is 15.0 Å². The summed E-state index contributed by atoms with van der Waals surface area (Å²) in [6.07, 6.45) is 3.03. The summed E-state index contributed by atoms with van der Waals surface area (Å²) < 4.78 is 23.0. The zero-order valence-corrected chi connectivity index (χ0v) is 14.0. The Morgan fingerprint density at radius 2 is 1.91 bits per heavy atom. The molecule has 2 aromatic heterocycles. The molecule has 1 aromatic carbocycles. The largest absolute Gasteiger partial charge is 0.384 e. The van der Waals surface area contributed by atoms with Crippen molar-refractivity contribution in [2.75, 3.05) is 12.0 Å². The van der Waals surface area contributed by atoms with Gasteiger partial charge in [-0.25, -0.2) is 18.4 Å². The lowest BCUT2D eigenvalue weighted by Crippen LogP contribution is -2.29. The van der Waals surface area contributed by atoms with Crippen molar-refractivity contribution in [1.29, 1.82) is 0 Å². The third-order valence-electron chi connectivity index (χ3n) is 4.13. The first-order valence-electron chi connectivity index (χ1n) is 7.11. The highest BCUT2D eigenvalue weighted by molar-refractivity contribution is 7.91. The van der Waals surface area contributed by atoms with Crippen LogP contribution in [-0.2, 0) is 14.6 Å². The van der Waals surface area contributed by atoms with E-state index < -0.39 is 14.6 Å². The number of hydrogen-bond donors (Lipinski definition) is 2. The number of nitrogens with one attached hydrogen (secondary N) is 1. The molecule has 0 amide bonds. The summed E-state index contributed by atoms with van der Waals surface area (Å²) in [6.45, 7) is 3.23. The number of nitrogen functional groups attached to an aromatic ring is 1. The summed E-state index contributed by atoms with van der Waals surface area (Å²) in [6, 6.07) is 9.18. The Kier molecular flexibility index (Phi) is 3.40. The van der Waals surface area contributed by atoms with Crippen LogP contribution in [0.3, 0.4) is 0 Å². The Hall–Kier alpha value is -2.41. The van der Waals surface area contributed by atoms with E-state index in [0.29, 0.717) is 11.5 Å². The molecule has 0 unspecified atom stereocenters. The van der Waals surface area contributed by atoms with Crippen LogP contribution in [0.25, 0.3) is 22.3 Å². The van der Waals surface area contributed by atoms with Gasteiger partial charge in [0.25, 0.3) is 0 Å². The molecular weight excluding hydrogens is 312 g/mol. The van der Waals surface area contributed by atoms with E-state index in [4.69, 9.17) is 5.73 Å². The lowest BCUT2D eigenvalue weighted by molar-refractivity contribution is 0.556. The van der Waals surface area contributed by atoms with E-state index in [2.05, 4.69) is 15.0 Å². The van der Waals surface area contributed by atoms with Crippen LogP contribution in [0.2, 0.25) is 0 Å². The maximum Gasteiger partial charge on any atom is 0.162 e. The molecule has 0 spiro atoms. The number of H-pyrrole nitrogens is 1. The van der Waals surface area contributed by atoms with Crippen molar-refractivity contribution in [3.8, 4) is 11.4 Å². The fourth-order valence-corrected chi connectivity index (χ4v) is 2.85. The van der Waals surface area contributed by atoms with Gasteiger partial charge in [0.05, 0.1) is 5.69 Å². The molecular formula is C16H18N4O2S. The average molecular weight is 330 g/mol. The molecule has 0 radical (unpaired) electrons. The second-order valence-corrected chi connectivity index (χ2v) is 8.59. The number of aromatic amines is 1. The minimum absolute atomic E-state index is 0.245. The van der Waals surface area contributed by atoms with Gasteiger partial charge in [-0.2, -0.15) is 0 Å². The monoisotopic (exact) mass is 330 g/mol. The maximum absolute atomic E-state index is 12.1. The van der Waals surface area contributed by atoms with Gasteiger partial charge >= 0.3 is 0 Å². The molecule has 6 nitrogen and oxygen atoms in total. The highest BCUT2D eigenvalue weighted by atomic mass is 32.2. The van der Waals surface area contributed by atoms with Crippen LogP contribution in [0.4, 0.5) is 5.82 Å². The zero-order chi connectivity index (χ0) is 16.8. The van der Waals surface area contributed by atoms with E-state index in [9.17, 15) is 8.42 Å². The Bertz CT molecular complexity index is 990. The summed E-state index contributed by atoms with van der Waals surface area (Å²) in [5.41, 5.74) is 8.05. The van der Waals surface area contributed by atoms with Gasteiger partial charge in [-0.3, -0.25) is 0 Å². The Balaban J connectivity index is 2.25. The minimum atomic E-state index is -3.35. The van der Waals surface area contributed by atoms with Crippen LogP contribution >= 0.6 is 0 Å². The number of sulfone groups is 1. The summed E-state index contributed by atoms with van der Waals surface area (Å²) in [4.78, 5) is 11.9. The van der Waals surface area contributed by atoms with E-state index in [1.807, 2.05) is 30.5 Å². The van der Waals surface area contributed by atoms with E-state index in [1.54, 1.807) is 13.8 Å². The normalized spacial score (nSPS) is 12.7. The summed E-state index contributed by atoms with van der Waals surface area (Å²) in [5, 5.41) is 0.959. The molecule has 2 heterocycles. The van der Waals surface area contributed by atoms with Crippen molar-refractivity contribution in [3.63, 3.8) is 0 Å². The molecule has 3 N–H and O–H groups in total. The molecule has 0 aliphatic rings. The quantitative estimate of drug-likeness (QED) is 0.768. The van der Waals surface area contributed by atoms with Crippen LogP contribution < -0.4 is 5.73 Å². The fourth-order valence-electron chi connectivity index (χ4n) is 2.37. The van der Waals surface area contributed by atoms with Gasteiger partial charge in [-0.05, 0) is 26.0 Å². The number of fused-ring (bicyclic) bond motifs is 1. The molecule has 7 heteroatoms. The van der Waals surface area contributed by atoms with E-state index >= 15 is 0 Å². The van der Waals surface area contributed by atoms with Crippen molar-refractivity contribution >= 4 is 26.6 Å². The van der Waals surface area contributed by atoms with Crippen LogP contribution in [0.1, 0.15) is 19.5 Å². The molecule has 0 atom stereocenters. The van der Waals surface area contributed by atoms with Gasteiger partial charge in [-0.1, -0.05) is 12.1 Å². The number of benzene rings is 1. The Morgan fingerprint density at radius 1 is 1.17 bits per heavy atom. The lowest BCUT2D eigenvalue weighted by Gasteiger charge is -2.22. The molecule has 0 bridgehead atoms. The summed E-state index contributed by atoms with van der Waals surface area (Å²) in [5.74, 6) is 0.663. The first-order chi connectivity index (χ1) is 10.7. The van der Waals surface area contributed by atoms with Gasteiger partial charge in [0.2, 0.25) is 0 Å². The lowest BCUT2D eigenvalue weighted by atomic mass is 10.1. The summed E-state index contributed by atoms with van der Waals surface area (Å²) >= 11 is 0. The number of hydrogen-bond acceptors (Lipinski definition) is 5. The fraction of sp³-hybridized carbons (Fsp3) is 0.250. The third kappa shape index (κ3) is 2.57. The maximum atomic E-state index is 12.1. The number of rotatable bonds is 3. The number of nitrogens with zero attached hydrogens (tertiary/aromatic N) is 2. The SMILES string of the molecule is CC(C)(c1cc(N)nc(-c2cccc3[nH]ccc23)n1)S(C)(=O)=O. The topological polar surface area (TPSA) is 102 Å². The first-order valence-corrected chi connectivity index (χ1v) is 9.00. The molecule has 0 fully saturated rings. The predicted octanol–water partition coefficient (Wildman–Crippen LogP) is 2.49. The third-order valence-corrected chi connectivity index (χ3v) is 6.19. The molecule has 0 aliphatic carbocycles. The number of nitrogens with two attached hydrogens (primary N) is 1. The predicted molar refractivity (Wildman–Crippen MR) is 91.6 cm³/mol. The van der Waals surface area contributed by atoms with Crippen LogP contribution in [0.5, 0.6) is 0 Å². The standard InChI is InChI=1S/C16H18N4O2S/c1-16(2,23(3,21)22)13-9-14(17)20-15(19-13)11-5-4-6-12-10(11)7-8-18-12/h4-9,18H,1-3H3,(H2,17,19,20). The van der Waals surface area contributed by atoms with Gasteiger partial charge < -0.3 is 10.7 Å². The van der Waals surface area contributed by atoms with Crippen molar-refractivity contribution in [2.24, 2.45) is 0 Å². The molecule has 3 rings (SSSR count). The van der Waals surface area contributed by atoms with E-state index in [-0.39, 0.29) is 5.82 Å². The van der Waals surface area contributed by atoms with Crippen LogP contribution in [0, 0.1) is 0 Å². The van der Waals surface area contributed by atoms with E-state index in [0.717, 1.165) is 16.5 Å². The molecule has 0 saturated heterocycles.